The fraction of sp³-hybridized carbons (Fsp3) is 0.444. The average molecular weight is 137 g/mol. The van der Waals surface area contributed by atoms with Crippen LogP contribution >= 0.6 is 0 Å². The van der Waals surface area contributed by atoms with Crippen molar-refractivity contribution in [3.63, 3.8) is 0 Å². The van der Waals surface area contributed by atoms with E-state index in [1.807, 2.05) is 13.1 Å². The molecule has 0 bridgehead atoms. The summed E-state index contributed by atoms with van der Waals surface area (Å²) >= 11 is 0. The highest BCUT2D eigenvalue weighted by atomic mass is 14.7. The lowest BCUT2D eigenvalue weighted by Gasteiger charge is -2.02. The molecule has 0 aliphatic carbocycles. The molecule has 0 atom stereocenters. The molecule has 0 aliphatic rings. The number of rotatable bonds is 3. The van der Waals surface area contributed by atoms with Crippen molar-refractivity contribution in [3.8, 4) is 0 Å². The van der Waals surface area contributed by atoms with E-state index in [9.17, 15) is 0 Å². The summed E-state index contributed by atoms with van der Waals surface area (Å²) in [6.45, 7) is 9.81. The molecule has 0 saturated heterocycles. The lowest BCUT2D eigenvalue weighted by molar-refractivity contribution is 0.805. The van der Waals surface area contributed by atoms with Gasteiger partial charge in [0, 0.05) is 12.4 Å². The largest absolute Gasteiger partial charge is 0.265 e. The van der Waals surface area contributed by atoms with Crippen LogP contribution in [0.4, 0.5) is 0 Å². The highest BCUT2D eigenvalue weighted by Gasteiger charge is 1.95. The summed E-state index contributed by atoms with van der Waals surface area (Å²) < 4.78 is 0. The van der Waals surface area contributed by atoms with Crippen LogP contribution in [0.15, 0.2) is 29.4 Å². The van der Waals surface area contributed by atoms with Crippen LogP contribution in [0.3, 0.4) is 0 Å². The van der Waals surface area contributed by atoms with Crippen molar-refractivity contribution in [2.24, 2.45) is 10.9 Å². The standard InChI is InChI=1S/C9H15N/c1-5-9(8(3)4)7-10-6-2/h5-8H,2H2,1,3-4H3/b9-5+,10-7-. The van der Waals surface area contributed by atoms with Gasteiger partial charge in [0.1, 0.15) is 0 Å². The van der Waals surface area contributed by atoms with E-state index >= 15 is 0 Å². The zero-order valence-corrected chi connectivity index (χ0v) is 6.96. The molecule has 0 amide bonds. The Balaban J connectivity index is 4.10. The molecule has 0 heterocycles. The molecule has 0 aromatic heterocycles. The van der Waals surface area contributed by atoms with E-state index in [0.717, 1.165) is 0 Å². The minimum absolute atomic E-state index is 0.550. The second kappa shape index (κ2) is 4.98. The SMILES string of the molecule is C=C/N=C\C(=C/C)C(C)C. The molecule has 0 aromatic carbocycles. The van der Waals surface area contributed by atoms with E-state index in [1.165, 1.54) is 5.57 Å². The fourth-order valence-electron chi connectivity index (χ4n) is 0.696. The maximum atomic E-state index is 3.93. The Hall–Kier alpha value is -0.850. The number of hydrogen-bond donors (Lipinski definition) is 0. The van der Waals surface area contributed by atoms with Crippen molar-refractivity contribution < 1.29 is 0 Å². The fourth-order valence-corrected chi connectivity index (χ4v) is 0.696. The Morgan fingerprint density at radius 2 is 2.10 bits per heavy atom. The molecular weight excluding hydrogens is 122 g/mol. The molecule has 1 heteroatoms. The van der Waals surface area contributed by atoms with Crippen LogP contribution in [0.25, 0.3) is 0 Å². The first-order valence-corrected chi connectivity index (χ1v) is 3.52. The zero-order chi connectivity index (χ0) is 7.98. The summed E-state index contributed by atoms with van der Waals surface area (Å²) in [7, 11) is 0. The molecule has 0 unspecified atom stereocenters. The molecule has 1 nitrogen and oxygen atoms in total. The number of aliphatic imine (C=N–C) groups is 1. The summed E-state index contributed by atoms with van der Waals surface area (Å²) in [5.41, 5.74) is 1.25. The first-order valence-electron chi connectivity index (χ1n) is 3.52. The van der Waals surface area contributed by atoms with Gasteiger partial charge in [0.25, 0.3) is 0 Å². The Morgan fingerprint density at radius 3 is 2.40 bits per heavy atom. The van der Waals surface area contributed by atoms with Crippen molar-refractivity contribution >= 4 is 6.21 Å². The first-order chi connectivity index (χ1) is 4.72. The molecule has 56 valence electrons. The van der Waals surface area contributed by atoms with Gasteiger partial charge in [-0.25, -0.2) is 0 Å². The molecule has 0 spiro atoms. The number of hydrogen-bond acceptors (Lipinski definition) is 1. The maximum absolute atomic E-state index is 3.93. The predicted molar refractivity (Wildman–Crippen MR) is 47.3 cm³/mol. The Bertz CT molecular complexity index is 152. The third kappa shape index (κ3) is 3.23. The second-order valence-electron chi connectivity index (χ2n) is 2.40. The number of nitrogens with zero attached hydrogens (tertiary/aromatic N) is 1. The van der Waals surface area contributed by atoms with E-state index in [2.05, 4.69) is 31.5 Å². The van der Waals surface area contributed by atoms with Gasteiger partial charge in [-0.1, -0.05) is 26.5 Å². The third-order valence-corrected chi connectivity index (χ3v) is 1.33. The predicted octanol–water partition coefficient (Wildman–Crippen LogP) is 2.80. The van der Waals surface area contributed by atoms with Gasteiger partial charge in [0.15, 0.2) is 0 Å². The van der Waals surface area contributed by atoms with Crippen molar-refractivity contribution in [1.82, 2.24) is 0 Å². The quantitative estimate of drug-likeness (QED) is 0.530. The molecule has 0 fully saturated rings. The molecule has 0 aliphatic heterocycles. The lowest BCUT2D eigenvalue weighted by Crippen LogP contribution is -1.93. The van der Waals surface area contributed by atoms with E-state index in [4.69, 9.17) is 0 Å². The van der Waals surface area contributed by atoms with E-state index in [0.29, 0.717) is 5.92 Å². The first kappa shape index (κ1) is 9.15. The normalized spacial score (nSPS) is 13.0. The molecule has 0 rings (SSSR count). The average Bonchev–Trinajstić information content (AvgIpc) is 1.89. The summed E-state index contributed by atoms with van der Waals surface area (Å²) in [5.74, 6) is 0.550. The Kier molecular flexibility index (Phi) is 4.55. The summed E-state index contributed by atoms with van der Waals surface area (Å²) in [6, 6.07) is 0. The van der Waals surface area contributed by atoms with Gasteiger partial charge in [-0.15, -0.1) is 0 Å². The lowest BCUT2D eigenvalue weighted by atomic mass is 10.1. The van der Waals surface area contributed by atoms with Gasteiger partial charge in [-0.05, 0) is 18.4 Å². The highest BCUT2D eigenvalue weighted by Crippen LogP contribution is 2.05. The van der Waals surface area contributed by atoms with Crippen LogP contribution in [-0.4, -0.2) is 6.21 Å². The van der Waals surface area contributed by atoms with E-state index < -0.39 is 0 Å². The minimum Gasteiger partial charge on any atom is -0.265 e. The van der Waals surface area contributed by atoms with Gasteiger partial charge in [0.2, 0.25) is 0 Å². The molecule has 0 N–H and O–H groups in total. The van der Waals surface area contributed by atoms with Gasteiger partial charge in [0.05, 0.1) is 0 Å². The van der Waals surface area contributed by atoms with Crippen LogP contribution in [0, 0.1) is 5.92 Å². The van der Waals surface area contributed by atoms with Crippen LogP contribution in [0.2, 0.25) is 0 Å². The van der Waals surface area contributed by atoms with Gasteiger partial charge in [-0.2, -0.15) is 0 Å². The zero-order valence-electron chi connectivity index (χ0n) is 6.96. The van der Waals surface area contributed by atoms with Crippen LogP contribution in [0.5, 0.6) is 0 Å². The van der Waals surface area contributed by atoms with Crippen LogP contribution < -0.4 is 0 Å². The Labute approximate surface area is 63.2 Å². The molecule has 0 aromatic rings. The monoisotopic (exact) mass is 137 g/mol. The highest BCUT2D eigenvalue weighted by molar-refractivity contribution is 5.79. The molecular formula is C9H15N. The smallest absolute Gasteiger partial charge is 0.0298 e. The van der Waals surface area contributed by atoms with Crippen molar-refractivity contribution in [3.05, 3.63) is 24.4 Å². The Morgan fingerprint density at radius 1 is 1.50 bits per heavy atom. The summed E-state index contributed by atoms with van der Waals surface area (Å²) in [4.78, 5) is 3.93. The van der Waals surface area contributed by atoms with Crippen molar-refractivity contribution in [2.45, 2.75) is 20.8 Å². The van der Waals surface area contributed by atoms with Gasteiger partial charge >= 0.3 is 0 Å². The summed E-state index contributed by atoms with van der Waals surface area (Å²) in [5, 5.41) is 0. The van der Waals surface area contributed by atoms with Crippen molar-refractivity contribution in [1.29, 1.82) is 0 Å². The van der Waals surface area contributed by atoms with E-state index in [1.54, 1.807) is 6.20 Å². The topological polar surface area (TPSA) is 12.4 Å². The third-order valence-electron chi connectivity index (χ3n) is 1.33. The number of allylic oxidation sites excluding steroid dienone is 2. The van der Waals surface area contributed by atoms with Crippen molar-refractivity contribution in [2.75, 3.05) is 0 Å². The van der Waals surface area contributed by atoms with Crippen LogP contribution in [-0.2, 0) is 0 Å². The molecule has 0 saturated carbocycles. The van der Waals surface area contributed by atoms with Crippen LogP contribution in [0.1, 0.15) is 20.8 Å². The maximum Gasteiger partial charge on any atom is 0.0298 e. The van der Waals surface area contributed by atoms with E-state index in [-0.39, 0.29) is 0 Å². The second-order valence-corrected chi connectivity index (χ2v) is 2.40. The van der Waals surface area contributed by atoms with Gasteiger partial charge in [-0.3, -0.25) is 4.99 Å². The van der Waals surface area contributed by atoms with Gasteiger partial charge < -0.3 is 0 Å². The molecule has 0 radical (unpaired) electrons. The molecule has 10 heavy (non-hydrogen) atoms. The minimum atomic E-state index is 0.550. The summed E-state index contributed by atoms with van der Waals surface area (Å²) in [6.07, 6.45) is 5.46.